The van der Waals surface area contributed by atoms with Crippen LogP contribution >= 0.6 is 0 Å². The van der Waals surface area contributed by atoms with Gasteiger partial charge in [0, 0.05) is 6.61 Å². The molecule has 4 atom stereocenters. The van der Waals surface area contributed by atoms with Crippen molar-refractivity contribution >= 4 is 0 Å². The highest BCUT2D eigenvalue weighted by molar-refractivity contribution is 4.78. The first kappa shape index (κ1) is 14.0. The van der Waals surface area contributed by atoms with Gasteiger partial charge in [0.1, 0.15) is 0 Å². The maximum Gasteiger partial charge on any atom is 0.0581 e. The molecule has 2 heteroatoms. The fourth-order valence-corrected chi connectivity index (χ4v) is 2.74. The molecule has 16 heavy (non-hydrogen) atoms. The lowest BCUT2D eigenvalue weighted by atomic mass is 9.77. The Morgan fingerprint density at radius 3 is 2.69 bits per heavy atom. The van der Waals surface area contributed by atoms with Crippen molar-refractivity contribution < 1.29 is 9.84 Å². The van der Waals surface area contributed by atoms with Gasteiger partial charge in [-0.25, -0.2) is 0 Å². The normalized spacial score (nSPS) is 32.6. The molecular formula is C14H28O2. The summed E-state index contributed by atoms with van der Waals surface area (Å²) in [6, 6.07) is 0. The van der Waals surface area contributed by atoms with E-state index in [1.54, 1.807) is 0 Å². The summed E-state index contributed by atoms with van der Waals surface area (Å²) in [7, 11) is 0. The van der Waals surface area contributed by atoms with Crippen LogP contribution in [0.1, 0.15) is 59.3 Å². The average Bonchev–Trinajstić information content (AvgIpc) is 2.28. The highest BCUT2D eigenvalue weighted by Gasteiger charge is 2.28. The van der Waals surface area contributed by atoms with Crippen LogP contribution in [0.2, 0.25) is 0 Å². The first-order chi connectivity index (χ1) is 7.67. The Hall–Kier alpha value is -0.0800. The summed E-state index contributed by atoms with van der Waals surface area (Å²) >= 11 is 0. The molecule has 0 bridgehead atoms. The predicted octanol–water partition coefficient (Wildman–Crippen LogP) is 3.38. The minimum absolute atomic E-state index is 0.343. The minimum atomic E-state index is 0.343. The molecule has 0 spiro atoms. The molecular weight excluding hydrogens is 200 g/mol. The Bertz CT molecular complexity index is 182. The number of ether oxygens (including phenoxy) is 1. The summed E-state index contributed by atoms with van der Waals surface area (Å²) in [4.78, 5) is 0. The zero-order valence-corrected chi connectivity index (χ0v) is 11.1. The van der Waals surface area contributed by atoms with Gasteiger partial charge in [-0.1, -0.05) is 13.8 Å². The fraction of sp³-hybridized carbons (Fsp3) is 1.00. The van der Waals surface area contributed by atoms with Crippen LogP contribution < -0.4 is 0 Å². The van der Waals surface area contributed by atoms with Crippen LogP contribution in [0, 0.1) is 11.8 Å². The molecule has 0 radical (unpaired) electrons. The summed E-state index contributed by atoms with van der Waals surface area (Å²) in [6.45, 7) is 7.04. The van der Waals surface area contributed by atoms with Crippen molar-refractivity contribution in [3.05, 3.63) is 0 Å². The largest absolute Gasteiger partial charge is 0.396 e. The van der Waals surface area contributed by atoms with Crippen LogP contribution in [0.5, 0.6) is 0 Å². The van der Waals surface area contributed by atoms with Crippen molar-refractivity contribution in [2.24, 2.45) is 11.8 Å². The van der Waals surface area contributed by atoms with E-state index in [-0.39, 0.29) is 0 Å². The van der Waals surface area contributed by atoms with E-state index >= 15 is 0 Å². The van der Waals surface area contributed by atoms with E-state index in [2.05, 4.69) is 20.8 Å². The van der Waals surface area contributed by atoms with Crippen molar-refractivity contribution in [2.75, 3.05) is 6.61 Å². The van der Waals surface area contributed by atoms with Crippen molar-refractivity contribution in [3.63, 3.8) is 0 Å². The third kappa shape index (κ3) is 4.42. The Morgan fingerprint density at radius 2 is 2.12 bits per heavy atom. The average molecular weight is 228 g/mol. The van der Waals surface area contributed by atoms with Gasteiger partial charge < -0.3 is 9.84 Å². The van der Waals surface area contributed by atoms with Crippen LogP contribution in [0.4, 0.5) is 0 Å². The van der Waals surface area contributed by atoms with Crippen molar-refractivity contribution in [1.29, 1.82) is 0 Å². The lowest BCUT2D eigenvalue weighted by molar-refractivity contribution is -0.0433. The Labute approximate surface area is 100 Å². The van der Waals surface area contributed by atoms with Gasteiger partial charge in [0.2, 0.25) is 0 Å². The third-order valence-corrected chi connectivity index (χ3v) is 4.03. The first-order valence-electron chi connectivity index (χ1n) is 6.93. The molecule has 0 heterocycles. The number of hydrogen-bond donors (Lipinski definition) is 1. The van der Waals surface area contributed by atoms with Crippen molar-refractivity contribution in [3.8, 4) is 0 Å². The maximum atomic E-state index is 8.86. The summed E-state index contributed by atoms with van der Waals surface area (Å²) < 4.78 is 6.01. The standard InChI is InChI=1S/C14H28O2/c1-4-12(3)16-14-8-7-13(6-5-9-15)11(2)10-14/h11-15H,4-10H2,1-3H3. The molecule has 0 saturated heterocycles. The molecule has 1 rings (SSSR count). The highest BCUT2D eigenvalue weighted by atomic mass is 16.5. The number of aliphatic hydroxyl groups is 1. The molecule has 0 aromatic rings. The molecule has 2 nitrogen and oxygen atoms in total. The summed E-state index contributed by atoms with van der Waals surface area (Å²) in [5.74, 6) is 1.57. The summed E-state index contributed by atoms with van der Waals surface area (Å²) in [5, 5.41) is 8.86. The van der Waals surface area contributed by atoms with E-state index in [9.17, 15) is 0 Å². The molecule has 0 aromatic heterocycles. The zero-order chi connectivity index (χ0) is 12.0. The lowest BCUT2D eigenvalue weighted by Gasteiger charge is -2.35. The minimum Gasteiger partial charge on any atom is -0.396 e. The quantitative estimate of drug-likeness (QED) is 0.755. The zero-order valence-electron chi connectivity index (χ0n) is 11.1. The van der Waals surface area contributed by atoms with E-state index in [0.29, 0.717) is 18.8 Å². The van der Waals surface area contributed by atoms with Crippen molar-refractivity contribution in [2.45, 2.75) is 71.5 Å². The second-order valence-corrected chi connectivity index (χ2v) is 5.39. The summed E-state index contributed by atoms with van der Waals surface area (Å²) in [5.41, 5.74) is 0. The molecule has 1 saturated carbocycles. The smallest absolute Gasteiger partial charge is 0.0581 e. The molecule has 1 aliphatic rings. The van der Waals surface area contributed by atoms with Gasteiger partial charge in [0.25, 0.3) is 0 Å². The number of rotatable bonds is 6. The van der Waals surface area contributed by atoms with E-state index < -0.39 is 0 Å². The Morgan fingerprint density at radius 1 is 1.38 bits per heavy atom. The van der Waals surface area contributed by atoms with Crippen LogP contribution in [0.3, 0.4) is 0 Å². The van der Waals surface area contributed by atoms with Gasteiger partial charge >= 0.3 is 0 Å². The fourth-order valence-electron chi connectivity index (χ4n) is 2.74. The molecule has 0 amide bonds. The van der Waals surface area contributed by atoms with Gasteiger partial charge in [-0.3, -0.25) is 0 Å². The highest BCUT2D eigenvalue weighted by Crippen LogP contribution is 2.34. The SMILES string of the molecule is CCC(C)OC1CCC(CCCO)C(C)C1. The second kappa shape index (κ2) is 7.29. The predicted molar refractivity (Wildman–Crippen MR) is 67.5 cm³/mol. The monoisotopic (exact) mass is 228 g/mol. The molecule has 96 valence electrons. The molecule has 0 aromatic carbocycles. The maximum absolute atomic E-state index is 8.86. The van der Waals surface area contributed by atoms with Crippen LogP contribution in [0.25, 0.3) is 0 Å². The molecule has 1 aliphatic carbocycles. The Balaban J connectivity index is 2.27. The second-order valence-electron chi connectivity index (χ2n) is 5.39. The number of hydrogen-bond acceptors (Lipinski definition) is 2. The van der Waals surface area contributed by atoms with E-state index in [0.717, 1.165) is 24.7 Å². The van der Waals surface area contributed by atoms with Gasteiger partial charge in [-0.2, -0.15) is 0 Å². The van der Waals surface area contributed by atoms with Gasteiger partial charge in [0.15, 0.2) is 0 Å². The Kier molecular flexibility index (Phi) is 6.37. The van der Waals surface area contributed by atoms with Crippen LogP contribution in [-0.4, -0.2) is 23.9 Å². The molecule has 0 aliphatic heterocycles. The number of aliphatic hydroxyl groups excluding tert-OH is 1. The van der Waals surface area contributed by atoms with Crippen molar-refractivity contribution in [1.82, 2.24) is 0 Å². The van der Waals surface area contributed by atoms with Gasteiger partial charge in [0.05, 0.1) is 12.2 Å². The van der Waals surface area contributed by atoms with Crippen LogP contribution in [-0.2, 0) is 4.74 Å². The lowest BCUT2D eigenvalue weighted by Crippen LogP contribution is -2.30. The molecule has 1 fully saturated rings. The van der Waals surface area contributed by atoms with E-state index in [1.165, 1.54) is 25.7 Å². The van der Waals surface area contributed by atoms with E-state index in [4.69, 9.17) is 9.84 Å². The first-order valence-corrected chi connectivity index (χ1v) is 6.93. The molecule has 1 N–H and O–H groups in total. The summed E-state index contributed by atoms with van der Waals surface area (Å²) in [6.07, 6.45) is 7.85. The van der Waals surface area contributed by atoms with Crippen LogP contribution in [0.15, 0.2) is 0 Å². The molecule has 4 unspecified atom stereocenters. The van der Waals surface area contributed by atoms with E-state index in [1.807, 2.05) is 0 Å². The van der Waals surface area contributed by atoms with Gasteiger partial charge in [-0.15, -0.1) is 0 Å². The topological polar surface area (TPSA) is 29.5 Å². The van der Waals surface area contributed by atoms with Gasteiger partial charge in [-0.05, 0) is 57.3 Å². The third-order valence-electron chi connectivity index (χ3n) is 4.03.